The second-order valence-corrected chi connectivity index (χ2v) is 7.17. The van der Waals surface area contributed by atoms with E-state index in [9.17, 15) is 9.59 Å². The summed E-state index contributed by atoms with van der Waals surface area (Å²) in [4.78, 5) is 30.9. The molecule has 2 aromatic rings. The fourth-order valence-corrected chi connectivity index (χ4v) is 3.84. The van der Waals surface area contributed by atoms with Crippen molar-refractivity contribution >= 4 is 23.3 Å². The van der Waals surface area contributed by atoms with Gasteiger partial charge in [0.25, 0.3) is 0 Å². The van der Waals surface area contributed by atoms with E-state index in [0.717, 1.165) is 29.1 Å². The molecule has 1 aromatic carbocycles. The number of aromatic nitrogens is 1. The number of hydrogen-bond acceptors (Lipinski definition) is 4. The van der Waals surface area contributed by atoms with Gasteiger partial charge < -0.3 is 15.5 Å². The molecule has 1 saturated heterocycles. The van der Waals surface area contributed by atoms with Crippen molar-refractivity contribution in [1.82, 2.24) is 20.5 Å². The van der Waals surface area contributed by atoms with Crippen LogP contribution in [0.1, 0.15) is 31.9 Å². The number of benzene rings is 1. The van der Waals surface area contributed by atoms with Crippen molar-refractivity contribution in [3.05, 3.63) is 41.4 Å². The first-order valence-electron chi connectivity index (χ1n) is 9.01. The second-order valence-electron chi connectivity index (χ2n) is 6.31. The highest BCUT2D eigenvalue weighted by atomic mass is 32.1. The Morgan fingerprint density at radius 1 is 1.27 bits per heavy atom. The first-order chi connectivity index (χ1) is 12.7. The largest absolute Gasteiger partial charge is 0.349 e. The van der Waals surface area contributed by atoms with Crippen molar-refractivity contribution < 1.29 is 9.59 Å². The highest BCUT2D eigenvalue weighted by molar-refractivity contribution is 7.13. The predicted molar refractivity (Wildman–Crippen MR) is 103 cm³/mol. The molecule has 3 rings (SSSR count). The first kappa shape index (κ1) is 18.4. The Hall–Kier alpha value is -2.41. The molecule has 26 heavy (non-hydrogen) atoms. The molecule has 3 amide bonds. The second kappa shape index (κ2) is 8.80. The van der Waals surface area contributed by atoms with Gasteiger partial charge in [0.1, 0.15) is 11.0 Å². The van der Waals surface area contributed by atoms with E-state index in [-0.39, 0.29) is 18.0 Å². The summed E-state index contributed by atoms with van der Waals surface area (Å²) in [5, 5.41) is 8.68. The van der Waals surface area contributed by atoms with Gasteiger partial charge >= 0.3 is 6.03 Å². The van der Waals surface area contributed by atoms with Gasteiger partial charge in [0.15, 0.2) is 0 Å². The summed E-state index contributed by atoms with van der Waals surface area (Å²) in [5.41, 5.74) is 1.91. The number of rotatable bonds is 6. The van der Waals surface area contributed by atoms with E-state index < -0.39 is 0 Å². The molecular weight excluding hydrogens is 348 g/mol. The van der Waals surface area contributed by atoms with E-state index in [4.69, 9.17) is 0 Å². The third-order valence-corrected chi connectivity index (χ3v) is 5.30. The van der Waals surface area contributed by atoms with Crippen molar-refractivity contribution in [3.63, 3.8) is 0 Å². The van der Waals surface area contributed by atoms with Crippen LogP contribution in [0.4, 0.5) is 4.79 Å². The highest BCUT2D eigenvalue weighted by Crippen LogP contribution is 2.23. The van der Waals surface area contributed by atoms with Gasteiger partial charge in [-0.05, 0) is 19.3 Å². The minimum Gasteiger partial charge on any atom is -0.349 e. The average molecular weight is 372 g/mol. The lowest BCUT2D eigenvalue weighted by Crippen LogP contribution is -2.49. The molecule has 2 N–H and O–H groups in total. The van der Waals surface area contributed by atoms with Gasteiger partial charge in [0.05, 0.1) is 12.2 Å². The average Bonchev–Trinajstić information content (AvgIpc) is 3.34. The number of nitrogens with one attached hydrogen (secondary N) is 2. The molecule has 1 atom stereocenters. The van der Waals surface area contributed by atoms with E-state index in [0.29, 0.717) is 26.1 Å². The number of carbonyl (C=O) groups is 2. The monoisotopic (exact) mass is 372 g/mol. The molecule has 0 unspecified atom stereocenters. The Labute approximate surface area is 157 Å². The van der Waals surface area contributed by atoms with Crippen molar-refractivity contribution in [3.8, 4) is 10.6 Å². The third kappa shape index (κ3) is 4.40. The van der Waals surface area contributed by atoms with Gasteiger partial charge in [-0.15, -0.1) is 11.3 Å². The lowest BCUT2D eigenvalue weighted by Gasteiger charge is -2.24. The molecule has 0 spiro atoms. The minimum atomic E-state index is -0.390. The van der Waals surface area contributed by atoms with Gasteiger partial charge in [0, 0.05) is 24.0 Å². The highest BCUT2D eigenvalue weighted by Gasteiger charge is 2.33. The van der Waals surface area contributed by atoms with E-state index in [1.165, 1.54) is 0 Å². The number of likely N-dealkylation sites (tertiary alicyclic amines) is 1. The molecule has 7 heteroatoms. The number of carbonyl (C=O) groups excluding carboxylic acids is 2. The lowest BCUT2D eigenvalue weighted by atomic mass is 10.2. The van der Waals surface area contributed by atoms with Gasteiger partial charge in [-0.25, -0.2) is 9.78 Å². The van der Waals surface area contributed by atoms with Gasteiger partial charge in [-0.1, -0.05) is 37.3 Å². The normalized spacial score (nSPS) is 16.5. The van der Waals surface area contributed by atoms with Gasteiger partial charge in [-0.3, -0.25) is 4.79 Å². The van der Waals surface area contributed by atoms with E-state index in [2.05, 4.69) is 15.6 Å². The van der Waals surface area contributed by atoms with Crippen LogP contribution >= 0.6 is 11.3 Å². The maximum Gasteiger partial charge on any atom is 0.318 e. The summed E-state index contributed by atoms with van der Waals surface area (Å²) >= 11 is 1.56. The first-order valence-corrected chi connectivity index (χ1v) is 9.89. The van der Waals surface area contributed by atoms with Crippen LogP contribution in [0.5, 0.6) is 0 Å². The summed E-state index contributed by atoms with van der Waals surface area (Å²) in [7, 11) is 0. The van der Waals surface area contributed by atoms with E-state index >= 15 is 0 Å². The summed E-state index contributed by atoms with van der Waals surface area (Å²) in [6.07, 6.45) is 2.44. The zero-order valence-corrected chi connectivity index (χ0v) is 15.7. The zero-order valence-electron chi connectivity index (χ0n) is 14.9. The van der Waals surface area contributed by atoms with Crippen molar-refractivity contribution in [2.75, 3.05) is 13.1 Å². The third-order valence-electron chi connectivity index (χ3n) is 4.36. The molecule has 1 fully saturated rings. The molecule has 138 valence electrons. The number of urea groups is 1. The zero-order chi connectivity index (χ0) is 18.4. The number of amides is 3. The fraction of sp³-hybridized carbons (Fsp3) is 0.421. The molecule has 0 aliphatic carbocycles. The SMILES string of the molecule is CCCNC(=O)N1CCC[C@@H]1C(=O)NCc1csc(-c2ccccc2)n1. The van der Waals surface area contributed by atoms with Crippen LogP contribution < -0.4 is 10.6 Å². The van der Waals surface area contributed by atoms with E-state index in [1.807, 2.05) is 42.6 Å². The Morgan fingerprint density at radius 3 is 2.85 bits per heavy atom. The summed E-state index contributed by atoms with van der Waals surface area (Å²) in [6, 6.07) is 9.44. The molecule has 0 bridgehead atoms. The number of thiazole rings is 1. The molecule has 0 radical (unpaired) electrons. The van der Waals surface area contributed by atoms with E-state index in [1.54, 1.807) is 16.2 Å². The smallest absolute Gasteiger partial charge is 0.318 e. The summed E-state index contributed by atoms with van der Waals surface area (Å²) < 4.78 is 0. The maximum atomic E-state index is 12.5. The van der Waals surface area contributed by atoms with Crippen LogP contribution in [0.25, 0.3) is 10.6 Å². The van der Waals surface area contributed by atoms with Crippen molar-refractivity contribution in [1.29, 1.82) is 0 Å². The minimum absolute atomic E-state index is 0.108. The molecule has 0 saturated carbocycles. The maximum absolute atomic E-state index is 12.5. The molecule has 1 aliphatic rings. The molecular formula is C19H24N4O2S. The van der Waals surface area contributed by atoms with Crippen LogP contribution in [0, 0.1) is 0 Å². The number of hydrogen-bond donors (Lipinski definition) is 2. The topological polar surface area (TPSA) is 74.3 Å². The summed E-state index contributed by atoms with van der Waals surface area (Å²) in [5.74, 6) is -0.108. The van der Waals surface area contributed by atoms with Gasteiger partial charge in [-0.2, -0.15) is 0 Å². The van der Waals surface area contributed by atoms with Crippen LogP contribution in [0.3, 0.4) is 0 Å². The summed E-state index contributed by atoms with van der Waals surface area (Å²) in [6.45, 7) is 3.64. The van der Waals surface area contributed by atoms with Crippen LogP contribution in [-0.4, -0.2) is 41.0 Å². The van der Waals surface area contributed by atoms with Crippen molar-refractivity contribution in [2.45, 2.75) is 38.8 Å². The predicted octanol–water partition coefficient (Wildman–Crippen LogP) is 3.01. The van der Waals surface area contributed by atoms with Crippen molar-refractivity contribution in [2.24, 2.45) is 0 Å². The molecule has 1 aromatic heterocycles. The lowest BCUT2D eigenvalue weighted by molar-refractivity contribution is -0.124. The van der Waals surface area contributed by atoms with Crippen LogP contribution in [0.2, 0.25) is 0 Å². The quantitative estimate of drug-likeness (QED) is 0.818. The van der Waals surface area contributed by atoms with Gasteiger partial charge in [0.2, 0.25) is 5.91 Å². The Balaban J connectivity index is 1.55. The Kier molecular flexibility index (Phi) is 6.22. The Bertz CT molecular complexity index is 747. The van der Waals surface area contributed by atoms with Crippen LogP contribution in [-0.2, 0) is 11.3 Å². The van der Waals surface area contributed by atoms with Crippen LogP contribution in [0.15, 0.2) is 35.7 Å². The standard InChI is InChI=1S/C19H24N4O2S/c1-2-10-20-19(25)23-11-6-9-16(23)17(24)21-12-15-13-26-18(22-15)14-7-4-3-5-8-14/h3-5,7-8,13,16H,2,6,9-12H2,1H3,(H,20,25)(H,21,24)/t16-/m1/s1. The molecule has 1 aliphatic heterocycles. The Morgan fingerprint density at radius 2 is 2.08 bits per heavy atom. The number of nitrogens with zero attached hydrogens (tertiary/aromatic N) is 2. The fourth-order valence-electron chi connectivity index (χ4n) is 3.01. The molecule has 6 nitrogen and oxygen atoms in total. The molecule has 2 heterocycles.